The second-order valence-corrected chi connectivity index (χ2v) is 8.05. The molecule has 1 aromatic carbocycles. The van der Waals surface area contributed by atoms with Crippen molar-refractivity contribution in [2.45, 2.75) is 13.5 Å². The minimum atomic E-state index is -0.602. The van der Waals surface area contributed by atoms with Crippen molar-refractivity contribution in [2.75, 3.05) is 68.8 Å². The Hall–Kier alpha value is -3.40. The average Bonchev–Trinajstić information content (AvgIpc) is 2.87. The van der Waals surface area contributed by atoms with Crippen LogP contribution < -0.4 is 15.1 Å². The molecule has 0 atom stereocenters. The number of hydrogen-bond donors (Lipinski definition) is 1. The van der Waals surface area contributed by atoms with Crippen LogP contribution in [-0.2, 0) is 20.9 Å². The minimum Gasteiger partial charge on any atom is -0.445 e. The summed E-state index contributed by atoms with van der Waals surface area (Å²) < 4.78 is 10.6. The molecule has 2 aromatic rings. The molecule has 1 aromatic heterocycles. The number of anilines is 2. The number of ether oxygens (including phenoxy) is 2. The summed E-state index contributed by atoms with van der Waals surface area (Å²) in [4.78, 5) is 39.8. The third kappa shape index (κ3) is 6.32. The molecule has 0 radical (unpaired) electrons. The van der Waals surface area contributed by atoms with E-state index in [1.54, 1.807) is 4.90 Å². The summed E-state index contributed by atoms with van der Waals surface area (Å²) in [7, 11) is 0. The number of carbonyl (C=O) groups excluding carboxylic acids is 2. The number of rotatable bonds is 6. The third-order valence-electron chi connectivity index (χ3n) is 5.68. The molecule has 2 saturated heterocycles. The van der Waals surface area contributed by atoms with E-state index in [1.165, 1.54) is 0 Å². The molecule has 0 unspecified atom stereocenters. The molecule has 2 aliphatic rings. The third-order valence-corrected chi connectivity index (χ3v) is 5.68. The lowest BCUT2D eigenvalue weighted by Gasteiger charge is -2.35. The van der Waals surface area contributed by atoms with E-state index in [9.17, 15) is 9.59 Å². The molecule has 10 nitrogen and oxygen atoms in total. The first kappa shape index (κ1) is 22.8. The fraction of sp³-hybridized carbons (Fsp3) is 0.478. The molecule has 3 heterocycles. The molecule has 0 spiro atoms. The monoisotopic (exact) mass is 454 g/mol. The lowest BCUT2D eigenvalue weighted by atomic mass is 10.2. The highest BCUT2D eigenvalue weighted by atomic mass is 16.5. The molecule has 2 fully saturated rings. The van der Waals surface area contributed by atoms with Gasteiger partial charge in [0.25, 0.3) is 0 Å². The van der Waals surface area contributed by atoms with Crippen LogP contribution in [0.3, 0.4) is 0 Å². The summed E-state index contributed by atoms with van der Waals surface area (Å²) in [6, 6.07) is 11.4. The standard InChI is InChI=1S/C23H30N6O4/c1-18-15-20(27-11-13-32-14-12-27)26-22(25-18)29-9-7-28(8-10-29)21(30)16-24-23(31)33-17-19-5-3-2-4-6-19/h2-6,15H,7-14,16-17H2,1H3,(H,24,31). The summed E-state index contributed by atoms with van der Waals surface area (Å²) in [5, 5.41) is 2.54. The largest absolute Gasteiger partial charge is 0.445 e. The normalized spacial score (nSPS) is 16.5. The van der Waals surface area contributed by atoms with E-state index >= 15 is 0 Å². The number of piperazine rings is 1. The minimum absolute atomic E-state index is 0.0876. The molecule has 33 heavy (non-hydrogen) atoms. The molecule has 1 N–H and O–H groups in total. The summed E-state index contributed by atoms with van der Waals surface area (Å²) in [6.45, 7) is 7.45. The van der Waals surface area contributed by atoms with Crippen molar-refractivity contribution >= 4 is 23.8 Å². The number of hydrogen-bond acceptors (Lipinski definition) is 8. The van der Waals surface area contributed by atoms with Crippen molar-refractivity contribution in [2.24, 2.45) is 0 Å². The number of amides is 2. The number of nitrogens with zero attached hydrogens (tertiary/aromatic N) is 5. The summed E-state index contributed by atoms with van der Waals surface area (Å²) in [6.07, 6.45) is -0.602. The Kier molecular flexibility index (Phi) is 7.56. The van der Waals surface area contributed by atoms with E-state index in [0.717, 1.165) is 30.2 Å². The summed E-state index contributed by atoms with van der Waals surface area (Å²) >= 11 is 0. The van der Waals surface area contributed by atoms with Crippen LogP contribution in [0, 0.1) is 6.92 Å². The van der Waals surface area contributed by atoms with E-state index < -0.39 is 6.09 Å². The molecule has 2 amide bonds. The molecule has 2 aliphatic heterocycles. The van der Waals surface area contributed by atoms with Gasteiger partial charge >= 0.3 is 6.09 Å². The van der Waals surface area contributed by atoms with Gasteiger partial charge in [-0.2, -0.15) is 4.98 Å². The van der Waals surface area contributed by atoms with Gasteiger partial charge < -0.3 is 29.5 Å². The Morgan fingerprint density at radius 1 is 1.00 bits per heavy atom. The smallest absolute Gasteiger partial charge is 0.407 e. The van der Waals surface area contributed by atoms with Gasteiger partial charge in [-0.05, 0) is 12.5 Å². The van der Waals surface area contributed by atoms with Crippen molar-refractivity contribution in [3.8, 4) is 0 Å². The predicted molar refractivity (Wildman–Crippen MR) is 123 cm³/mol. The van der Waals surface area contributed by atoms with Crippen LogP contribution in [-0.4, -0.2) is 85.9 Å². The van der Waals surface area contributed by atoms with Gasteiger partial charge in [0, 0.05) is 51.0 Å². The fourth-order valence-electron chi connectivity index (χ4n) is 3.82. The number of aryl methyl sites for hydroxylation is 1. The zero-order chi connectivity index (χ0) is 23.0. The highest BCUT2D eigenvalue weighted by Gasteiger charge is 2.24. The summed E-state index contributed by atoms with van der Waals surface area (Å²) in [5.41, 5.74) is 1.81. The lowest BCUT2D eigenvalue weighted by molar-refractivity contribution is -0.130. The van der Waals surface area contributed by atoms with Gasteiger partial charge in [-0.25, -0.2) is 9.78 Å². The number of alkyl carbamates (subject to hydrolysis) is 1. The van der Waals surface area contributed by atoms with Gasteiger partial charge in [-0.3, -0.25) is 4.79 Å². The fourth-order valence-corrected chi connectivity index (χ4v) is 3.82. The van der Waals surface area contributed by atoms with Gasteiger partial charge in [0.1, 0.15) is 19.0 Å². The maximum atomic E-state index is 12.5. The van der Waals surface area contributed by atoms with Gasteiger partial charge in [-0.15, -0.1) is 0 Å². The van der Waals surface area contributed by atoms with E-state index in [-0.39, 0.29) is 19.1 Å². The zero-order valence-corrected chi connectivity index (χ0v) is 18.9. The van der Waals surface area contributed by atoms with Crippen molar-refractivity contribution in [3.05, 3.63) is 47.7 Å². The highest BCUT2D eigenvalue weighted by Crippen LogP contribution is 2.19. The van der Waals surface area contributed by atoms with E-state index in [0.29, 0.717) is 45.3 Å². The quantitative estimate of drug-likeness (QED) is 0.695. The number of morpholine rings is 1. The molecule has 10 heteroatoms. The van der Waals surface area contributed by atoms with E-state index in [1.807, 2.05) is 43.3 Å². The Balaban J connectivity index is 1.23. The second kappa shape index (κ2) is 11.0. The van der Waals surface area contributed by atoms with Crippen LogP contribution in [0.15, 0.2) is 36.4 Å². The average molecular weight is 455 g/mol. The summed E-state index contributed by atoms with van der Waals surface area (Å²) in [5.74, 6) is 1.47. The molecule has 0 saturated carbocycles. The number of benzene rings is 1. The van der Waals surface area contributed by atoms with Crippen LogP contribution in [0.5, 0.6) is 0 Å². The molecular formula is C23H30N6O4. The molecule has 176 valence electrons. The molecule has 4 rings (SSSR count). The van der Waals surface area contributed by atoms with Crippen molar-refractivity contribution < 1.29 is 19.1 Å². The number of nitrogens with one attached hydrogen (secondary N) is 1. The van der Waals surface area contributed by atoms with Crippen LogP contribution >= 0.6 is 0 Å². The number of aromatic nitrogens is 2. The van der Waals surface area contributed by atoms with Crippen LogP contribution in [0.2, 0.25) is 0 Å². The first-order chi connectivity index (χ1) is 16.1. The maximum Gasteiger partial charge on any atom is 0.407 e. The predicted octanol–water partition coefficient (Wildman–Crippen LogP) is 1.20. The van der Waals surface area contributed by atoms with Gasteiger partial charge in [-0.1, -0.05) is 30.3 Å². The van der Waals surface area contributed by atoms with Gasteiger partial charge in [0.05, 0.1) is 13.2 Å². The van der Waals surface area contributed by atoms with Crippen molar-refractivity contribution in [1.29, 1.82) is 0 Å². The lowest BCUT2D eigenvalue weighted by Crippen LogP contribution is -2.51. The maximum absolute atomic E-state index is 12.5. The Morgan fingerprint density at radius 2 is 1.73 bits per heavy atom. The zero-order valence-electron chi connectivity index (χ0n) is 18.9. The van der Waals surface area contributed by atoms with Crippen molar-refractivity contribution in [1.82, 2.24) is 20.2 Å². The Bertz CT molecular complexity index is 943. The Labute approximate surface area is 193 Å². The van der Waals surface area contributed by atoms with Gasteiger partial charge in [0.2, 0.25) is 11.9 Å². The van der Waals surface area contributed by atoms with E-state index in [2.05, 4.69) is 20.1 Å². The van der Waals surface area contributed by atoms with E-state index in [4.69, 9.17) is 14.5 Å². The molecule has 0 aliphatic carbocycles. The van der Waals surface area contributed by atoms with Gasteiger partial charge in [0.15, 0.2) is 0 Å². The van der Waals surface area contributed by atoms with Crippen LogP contribution in [0.25, 0.3) is 0 Å². The highest BCUT2D eigenvalue weighted by molar-refractivity contribution is 5.82. The number of carbonyl (C=O) groups is 2. The van der Waals surface area contributed by atoms with Crippen LogP contribution in [0.1, 0.15) is 11.3 Å². The first-order valence-corrected chi connectivity index (χ1v) is 11.2. The first-order valence-electron chi connectivity index (χ1n) is 11.2. The topological polar surface area (TPSA) is 100 Å². The SMILES string of the molecule is Cc1cc(N2CCOCC2)nc(N2CCN(C(=O)CNC(=O)OCc3ccccc3)CC2)n1. The molecule has 0 bridgehead atoms. The van der Waals surface area contributed by atoms with Crippen LogP contribution in [0.4, 0.5) is 16.6 Å². The van der Waals surface area contributed by atoms with Crippen molar-refractivity contribution in [3.63, 3.8) is 0 Å². The second-order valence-electron chi connectivity index (χ2n) is 8.05. The molecular weight excluding hydrogens is 424 g/mol. The Morgan fingerprint density at radius 3 is 2.45 bits per heavy atom.